The van der Waals surface area contributed by atoms with E-state index in [-0.39, 0.29) is 24.1 Å². The Labute approximate surface area is 107 Å². The summed E-state index contributed by atoms with van der Waals surface area (Å²) in [4.78, 5) is 11.9. The summed E-state index contributed by atoms with van der Waals surface area (Å²) in [6.07, 6.45) is 2.32. The highest BCUT2D eigenvalue weighted by molar-refractivity contribution is 5.97. The highest BCUT2D eigenvalue weighted by Crippen LogP contribution is 2.14. The lowest BCUT2D eigenvalue weighted by Crippen LogP contribution is -2.30. The zero-order valence-corrected chi connectivity index (χ0v) is 11.0. The molecule has 0 saturated carbocycles. The second-order valence-corrected chi connectivity index (χ2v) is 4.31. The molecule has 0 aliphatic carbocycles. The Morgan fingerprint density at radius 3 is 2.78 bits per heavy atom. The molecule has 1 rings (SSSR count). The van der Waals surface area contributed by atoms with Crippen LogP contribution in [0, 0.1) is 5.92 Å². The number of aromatic amines is 1. The first-order valence-electron chi connectivity index (χ1n) is 6.35. The summed E-state index contributed by atoms with van der Waals surface area (Å²) in [6, 6.07) is 0. The molecule has 18 heavy (non-hydrogen) atoms. The highest BCUT2D eigenvalue weighted by atomic mass is 16.3. The number of aromatic nitrogens is 2. The minimum absolute atomic E-state index is 0.138. The fourth-order valence-corrected chi connectivity index (χ4v) is 1.78. The molecular weight excluding hydrogens is 232 g/mol. The molecule has 0 spiro atoms. The van der Waals surface area contributed by atoms with Gasteiger partial charge in [0.25, 0.3) is 5.91 Å². The van der Waals surface area contributed by atoms with E-state index in [1.165, 1.54) is 0 Å². The molecule has 0 aliphatic heterocycles. The monoisotopic (exact) mass is 254 g/mol. The van der Waals surface area contributed by atoms with Gasteiger partial charge >= 0.3 is 0 Å². The topological polar surface area (TPSA) is 104 Å². The van der Waals surface area contributed by atoms with Gasteiger partial charge in [-0.05, 0) is 18.8 Å². The van der Waals surface area contributed by atoms with E-state index in [4.69, 9.17) is 10.8 Å². The third kappa shape index (κ3) is 3.46. The van der Waals surface area contributed by atoms with Crippen LogP contribution in [0.5, 0.6) is 0 Å². The molecule has 0 bridgehead atoms. The average molecular weight is 254 g/mol. The van der Waals surface area contributed by atoms with E-state index in [2.05, 4.69) is 15.5 Å². The van der Waals surface area contributed by atoms with Crippen LogP contribution in [0.2, 0.25) is 0 Å². The molecule has 0 aromatic carbocycles. The van der Waals surface area contributed by atoms with Crippen molar-refractivity contribution in [2.75, 3.05) is 18.9 Å². The van der Waals surface area contributed by atoms with E-state index in [1.807, 2.05) is 13.8 Å². The van der Waals surface area contributed by atoms with Gasteiger partial charge in [0, 0.05) is 13.2 Å². The van der Waals surface area contributed by atoms with Crippen LogP contribution < -0.4 is 11.1 Å². The Kier molecular flexibility index (Phi) is 5.64. The Morgan fingerprint density at radius 1 is 1.56 bits per heavy atom. The number of amides is 1. The number of hydrogen-bond acceptors (Lipinski definition) is 4. The molecule has 0 saturated heterocycles. The van der Waals surface area contributed by atoms with Crippen LogP contribution in [0.4, 0.5) is 5.69 Å². The summed E-state index contributed by atoms with van der Waals surface area (Å²) in [5.41, 5.74) is 7.27. The maximum atomic E-state index is 11.9. The number of nitrogens with two attached hydrogens (primary N) is 1. The average Bonchev–Trinajstić information content (AvgIpc) is 2.75. The van der Waals surface area contributed by atoms with Gasteiger partial charge in [-0.2, -0.15) is 5.10 Å². The van der Waals surface area contributed by atoms with Gasteiger partial charge in [-0.25, -0.2) is 0 Å². The molecule has 1 unspecified atom stereocenters. The van der Waals surface area contributed by atoms with Crippen LogP contribution in [-0.2, 0) is 6.42 Å². The summed E-state index contributed by atoms with van der Waals surface area (Å²) < 4.78 is 0. The molecular formula is C12H22N4O2. The third-order valence-electron chi connectivity index (χ3n) is 3.12. The zero-order valence-electron chi connectivity index (χ0n) is 11.0. The smallest absolute Gasteiger partial charge is 0.273 e. The van der Waals surface area contributed by atoms with Gasteiger partial charge in [-0.3, -0.25) is 9.89 Å². The zero-order chi connectivity index (χ0) is 13.5. The molecule has 0 aliphatic rings. The van der Waals surface area contributed by atoms with Crippen LogP contribution in [0.1, 0.15) is 42.9 Å². The van der Waals surface area contributed by atoms with E-state index in [9.17, 15) is 4.79 Å². The van der Waals surface area contributed by atoms with Gasteiger partial charge in [0.1, 0.15) is 0 Å². The molecule has 1 aromatic rings. The molecule has 5 N–H and O–H groups in total. The number of nitrogen functional groups attached to an aromatic ring is 1. The normalized spacial score (nSPS) is 12.4. The van der Waals surface area contributed by atoms with Crippen molar-refractivity contribution in [3.63, 3.8) is 0 Å². The second-order valence-electron chi connectivity index (χ2n) is 4.31. The van der Waals surface area contributed by atoms with Gasteiger partial charge in [0.2, 0.25) is 0 Å². The Bertz CT molecular complexity index is 389. The van der Waals surface area contributed by atoms with Crippen LogP contribution in [0.15, 0.2) is 0 Å². The molecule has 6 heteroatoms. The standard InChI is InChI=1S/C12H22N4O2/c1-3-8(5-6-17)7-14-12(18)11-10(13)9(4-2)15-16-11/h8,17H,3-7,13H2,1-2H3,(H,14,18)(H,15,16). The maximum absolute atomic E-state index is 11.9. The molecule has 1 amide bonds. The lowest BCUT2D eigenvalue weighted by atomic mass is 10.0. The fourth-order valence-electron chi connectivity index (χ4n) is 1.78. The lowest BCUT2D eigenvalue weighted by Gasteiger charge is -2.13. The maximum Gasteiger partial charge on any atom is 0.273 e. The molecule has 0 fully saturated rings. The summed E-state index contributed by atoms with van der Waals surface area (Å²) in [7, 11) is 0. The van der Waals surface area contributed by atoms with Crippen LogP contribution in [-0.4, -0.2) is 34.4 Å². The quantitative estimate of drug-likeness (QED) is 0.574. The van der Waals surface area contributed by atoms with Gasteiger partial charge < -0.3 is 16.2 Å². The first-order valence-corrected chi connectivity index (χ1v) is 6.35. The van der Waals surface area contributed by atoms with Crippen LogP contribution in [0.3, 0.4) is 0 Å². The van der Waals surface area contributed by atoms with E-state index in [1.54, 1.807) is 0 Å². The number of carbonyl (C=O) groups is 1. The Hall–Kier alpha value is -1.56. The number of rotatable bonds is 7. The van der Waals surface area contributed by atoms with Crippen LogP contribution >= 0.6 is 0 Å². The van der Waals surface area contributed by atoms with E-state index < -0.39 is 0 Å². The Balaban J connectivity index is 2.57. The predicted octanol–water partition coefficient (Wildman–Crippen LogP) is 0.693. The van der Waals surface area contributed by atoms with Crippen molar-refractivity contribution in [1.29, 1.82) is 0 Å². The van der Waals surface area contributed by atoms with Crippen molar-refractivity contribution in [3.8, 4) is 0 Å². The lowest BCUT2D eigenvalue weighted by molar-refractivity contribution is 0.0939. The van der Waals surface area contributed by atoms with Crippen molar-refractivity contribution in [2.24, 2.45) is 5.92 Å². The molecule has 1 atom stereocenters. The van der Waals surface area contributed by atoms with Crippen molar-refractivity contribution < 1.29 is 9.90 Å². The van der Waals surface area contributed by atoms with Gasteiger partial charge in [0.15, 0.2) is 5.69 Å². The minimum atomic E-state index is -0.264. The van der Waals surface area contributed by atoms with E-state index in [0.717, 1.165) is 12.1 Å². The SMILES string of the molecule is CCc1[nH]nc(C(=O)NCC(CC)CCO)c1N. The summed E-state index contributed by atoms with van der Waals surface area (Å²) >= 11 is 0. The van der Waals surface area contributed by atoms with Gasteiger partial charge in [-0.1, -0.05) is 20.3 Å². The van der Waals surface area contributed by atoms with E-state index >= 15 is 0 Å². The fraction of sp³-hybridized carbons (Fsp3) is 0.667. The summed E-state index contributed by atoms with van der Waals surface area (Å²) in [5, 5.41) is 18.4. The van der Waals surface area contributed by atoms with Crippen molar-refractivity contribution >= 4 is 11.6 Å². The number of hydrogen-bond donors (Lipinski definition) is 4. The number of aliphatic hydroxyl groups excluding tert-OH is 1. The number of anilines is 1. The van der Waals surface area contributed by atoms with Crippen molar-refractivity contribution in [3.05, 3.63) is 11.4 Å². The summed E-state index contributed by atoms with van der Waals surface area (Å²) in [5.74, 6) is 0.0181. The van der Waals surface area contributed by atoms with Gasteiger partial charge in [-0.15, -0.1) is 0 Å². The van der Waals surface area contributed by atoms with Crippen molar-refractivity contribution in [1.82, 2.24) is 15.5 Å². The molecule has 6 nitrogen and oxygen atoms in total. The summed E-state index contributed by atoms with van der Waals surface area (Å²) in [6.45, 7) is 4.65. The number of carbonyl (C=O) groups excluding carboxylic acids is 1. The molecule has 0 radical (unpaired) electrons. The number of aliphatic hydroxyl groups is 1. The number of H-pyrrole nitrogens is 1. The number of nitrogens with zero attached hydrogens (tertiary/aromatic N) is 1. The highest BCUT2D eigenvalue weighted by Gasteiger charge is 2.17. The van der Waals surface area contributed by atoms with Crippen LogP contribution in [0.25, 0.3) is 0 Å². The Morgan fingerprint density at radius 2 is 2.28 bits per heavy atom. The largest absolute Gasteiger partial charge is 0.396 e. The molecule has 102 valence electrons. The number of nitrogens with one attached hydrogen (secondary N) is 2. The minimum Gasteiger partial charge on any atom is -0.396 e. The number of aryl methyl sites for hydroxylation is 1. The van der Waals surface area contributed by atoms with Crippen molar-refractivity contribution in [2.45, 2.75) is 33.1 Å². The molecule has 1 aromatic heterocycles. The van der Waals surface area contributed by atoms with Gasteiger partial charge in [0.05, 0.1) is 11.4 Å². The first-order chi connectivity index (χ1) is 8.63. The predicted molar refractivity (Wildman–Crippen MR) is 70.2 cm³/mol. The first kappa shape index (κ1) is 14.5. The third-order valence-corrected chi connectivity index (χ3v) is 3.12. The second kappa shape index (κ2) is 7.00. The van der Waals surface area contributed by atoms with E-state index in [0.29, 0.717) is 25.1 Å². The molecule has 1 heterocycles.